The number of nitrogens with one attached hydrogen (secondary N) is 1. The molecule has 0 aliphatic carbocycles. The lowest BCUT2D eigenvalue weighted by Gasteiger charge is -2.20. The molecule has 2 aromatic rings. The van der Waals surface area contributed by atoms with E-state index in [1.54, 1.807) is 0 Å². The molecule has 20 heavy (non-hydrogen) atoms. The van der Waals surface area contributed by atoms with E-state index in [0.29, 0.717) is 10.0 Å². The summed E-state index contributed by atoms with van der Waals surface area (Å²) in [5.41, 5.74) is 6.12. The summed E-state index contributed by atoms with van der Waals surface area (Å²) in [5.74, 6) is 0. The van der Waals surface area contributed by atoms with Crippen molar-refractivity contribution < 1.29 is 0 Å². The van der Waals surface area contributed by atoms with Crippen LogP contribution in [-0.2, 0) is 0 Å². The first-order chi connectivity index (χ1) is 9.38. The van der Waals surface area contributed by atoms with Crippen molar-refractivity contribution in [2.75, 3.05) is 5.32 Å². The van der Waals surface area contributed by atoms with E-state index in [4.69, 9.17) is 23.2 Å². The molecular weight excluding hydrogens is 289 g/mol. The number of benzene rings is 2. The van der Waals surface area contributed by atoms with Gasteiger partial charge in [-0.3, -0.25) is 0 Å². The van der Waals surface area contributed by atoms with Crippen LogP contribution in [0.1, 0.15) is 35.2 Å². The summed E-state index contributed by atoms with van der Waals surface area (Å²) in [5, 5.41) is 4.75. The van der Waals surface area contributed by atoms with Crippen molar-refractivity contribution >= 4 is 28.9 Å². The van der Waals surface area contributed by atoms with Gasteiger partial charge in [0.25, 0.3) is 0 Å². The summed E-state index contributed by atoms with van der Waals surface area (Å²) in [4.78, 5) is 0. The van der Waals surface area contributed by atoms with Gasteiger partial charge < -0.3 is 5.32 Å². The largest absolute Gasteiger partial charge is 0.378 e. The number of rotatable bonds is 3. The maximum atomic E-state index is 6.08. The molecule has 0 aliphatic rings. The number of halogens is 2. The molecule has 2 rings (SSSR count). The van der Waals surface area contributed by atoms with E-state index in [1.807, 2.05) is 18.2 Å². The first-order valence-corrected chi connectivity index (χ1v) is 7.43. The number of anilines is 1. The van der Waals surface area contributed by atoms with Crippen LogP contribution in [0.15, 0.2) is 30.3 Å². The van der Waals surface area contributed by atoms with Gasteiger partial charge in [0.05, 0.1) is 10.0 Å². The van der Waals surface area contributed by atoms with Gasteiger partial charge in [-0.1, -0.05) is 47.0 Å². The first kappa shape index (κ1) is 15.2. The van der Waals surface area contributed by atoms with Crippen LogP contribution in [0, 0.1) is 20.8 Å². The Balaban J connectivity index is 2.27. The number of aryl methyl sites for hydroxylation is 3. The van der Waals surface area contributed by atoms with E-state index in [9.17, 15) is 0 Å². The summed E-state index contributed by atoms with van der Waals surface area (Å²) in [6, 6.07) is 10.3. The third-order valence-corrected chi connectivity index (χ3v) is 4.22. The van der Waals surface area contributed by atoms with Crippen molar-refractivity contribution in [1.82, 2.24) is 0 Å². The smallest absolute Gasteiger partial charge is 0.0595 e. The van der Waals surface area contributed by atoms with E-state index in [2.05, 4.69) is 45.1 Å². The van der Waals surface area contributed by atoms with Crippen LogP contribution in [0.3, 0.4) is 0 Å². The quantitative estimate of drug-likeness (QED) is 0.723. The molecule has 106 valence electrons. The van der Waals surface area contributed by atoms with E-state index < -0.39 is 0 Å². The van der Waals surface area contributed by atoms with Crippen molar-refractivity contribution in [3.63, 3.8) is 0 Å². The third-order valence-electron chi connectivity index (χ3n) is 3.48. The molecule has 0 saturated heterocycles. The van der Waals surface area contributed by atoms with Gasteiger partial charge in [0.2, 0.25) is 0 Å². The maximum absolute atomic E-state index is 6.08. The van der Waals surface area contributed by atoms with Gasteiger partial charge in [0.15, 0.2) is 0 Å². The van der Waals surface area contributed by atoms with Crippen LogP contribution in [-0.4, -0.2) is 0 Å². The fourth-order valence-electron chi connectivity index (χ4n) is 2.49. The van der Waals surface area contributed by atoms with E-state index >= 15 is 0 Å². The van der Waals surface area contributed by atoms with Crippen LogP contribution in [0.25, 0.3) is 0 Å². The fourth-order valence-corrected chi connectivity index (χ4v) is 2.80. The lowest BCUT2D eigenvalue weighted by Crippen LogP contribution is -2.09. The van der Waals surface area contributed by atoms with E-state index in [0.717, 1.165) is 5.56 Å². The molecule has 0 aliphatic heterocycles. The van der Waals surface area contributed by atoms with Crippen molar-refractivity contribution in [3.05, 3.63) is 62.6 Å². The SMILES string of the molecule is Cc1cc(C)c(NC(C)c2ccc(Cl)c(Cl)c2)c(C)c1. The van der Waals surface area contributed by atoms with Gasteiger partial charge in [0.1, 0.15) is 0 Å². The Morgan fingerprint density at radius 1 is 0.900 bits per heavy atom. The highest BCUT2D eigenvalue weighted by atomic mass is 35.5. The predicted molar refractivity (Wildman–Crippen MR) is 89.2 cm³/mol. The van der Waals surface area contributed by atoms with Gasteiger partial charge in [-0.05, 0) is 56.5 Å². The van der Waals surface area contributed by atoms with Gasteiger partial charge >= 0.3 is 0 Å². The first-order valence-electron chi connectivity index (χ1n) is 6.68. The van der Waals surface area contributed by atoms with E-state index in [1.165, 1.54) is 22.4 Å². The lowest BCUT2D eigenvalue weighted by molar-refractivity contribution is 0.880. The minimum absolute atomic E-state index is 0.171. The Labute approximate surface area is 130 Å². The topological polar surface area (TPSA) is 12.0 Å². The molecule has 0 heterocycles. The molecule has 0 fully saturated rings. The second kappa shape index (κ2) is 6.07. The zero-order chi connectivity index (χ0) is 14.9. The molecule has 1 unspecified atom stereocenters. The molecule has 1 atom stereocenters. The molecule has 0 saturated carbocycles. The average Bonchev–Trinajstić information content (AvgIpc) is 2.36. The summed E-state index contributed by atoms with van der Waals surface area (Å²) in [6.45, 7) is 8.50. The Morgan fingerprint density at radius 2 is 1.50 bits per heavy atom. The number of hydrogen-bond donors (Lipinski definition) is 1. The highest BCUT2D eigenvalue weighted by Crippen LogP contribution is 2.29. The standard InChI is InChI=1S/C17H19Cl2N/c1-10-7-11(2)17(12(3)8-10)20-13(4)14-5-6-15(18)16(19)9-14/h5-9,13,20H,1-4H3. The summed E-state index contributed by atoms with van der Waals surface area (Å²) in [7, 11) is 0. The highest BCUT2D eigenvalue weighted by Gasteiger charge is 2.11. The van der Waals surface area contributed by atoms with Crippen molar-refractivity contribution in [2.24, 2.45) is 0 Å². The number of hydrogen-bond acceptors (Lipinski definition) is 1. The molecule has 0 amide bonds. The molecule has 1 N–H and O–H groups in total. The molecule has 3 heteroatoms. The summed E-state index contributed by atoms with van der Waals surface area (Å²) >= 11 is 12.0. The Morgan fingerprint density at radius 3 is 2.05 bits per heavy atom. The molecule has 0 bridgehead atoms. The van der Waals surface area contributed by atoms with Crippen LogP contribution in [0.5, 0.6) is 0 Å². The van der Waals surface area contributed by atoms with Crippen molar-refractivity contribution in [3.8, 4) is 0 Å². The lowest BCUT2D eigenvalue weighted by atomic mass is 10.0. The summed E-state index contributed by atoms with van der Waals surface area (Å²) < 4.78 is 0. The molecule has 2 aromatic carbocycles. The molecule has 0 aromatic heterocycles. The van der Waals surface area contributed by atoms with Crippen molar-refractivity contribution in [2.45, 2.75) is 33.7 Å². The summed E-state index contributed by atoms with van der Waals surface area (Å²) in [6.07, 6.45) is 0. The predicted octanol–water partition coefficient (Wildman–Crippen LogP) is 6.09. The zero-order valence-corrected chi connectivity index (χ0v) is 13.7. The van der Waals surface area contributed by atoms with Gasteiger partial charge in [-0.15, -0.1) is 0 Å². The van der Waals surface area contributed by atoms with Gasteiger partial charge in [0, 0.05) is 11.7 Å². The van der Waals surface area contributed by atoms with Crippen LogP contribution in [0.4, 0.5) is 5.69 Å². The highest BCUT2D eigenvalue weighted by molar-refractivity contribution is 6.42. The van der Waals surface area contributed by atoms with Crippen LogP contribution >= 0.6 is 23.2 Å². The van der Waals surface area contributed by atoms with E-state index in [-0.39, 0.29) is 6.04 Å². The Kier molecular flexibility index (Phi) is 4.62. The van der Waals surface area contributed by atoms with Crippen LogP contribution in [0.2, 0.25) is 10.0 Å². The monoisotopic (exact) mass is 307 g/mol. The minimum atomic E-state index is 0.171. The Hall–Kier alpha value is -1.18. The van der Waals surface area contributed by atoms with Crippen LogP contribution < -0.4 is 5.32 Å². The Bertz CT molecular complexity index is 612. The third kappa shape index (κ3) is 3.28. The molecule has 0 radical (unpaired) electrons. The van der Waals surface area contributed by atoms with Gasteiger partial charge in [-0.2, -0.15) is 0 Å². The van der Waals surface area contributed by atoms with Gasteiger partial charge in [-0.25, -0.2) is 0 Å². The molecule has 1 nitrogen and oxygen atoms in total. The molecule has 0 spiro atoms. The fraction of sp³-hybridized carbons (Fsp3) is 0.294. The maximum Gasteiger partial charge on any atom is 0.0595 e. The second-order valence-corrected chi connectivity index (χ2v) is 6.13. The zero-order valence-electron chi connectivity index (χ0n) is 12.2. The average molecular weight is 308 g/mol. The molecular formula is C17H19Cl2N. The second-order valence-electron chi connectivity index (χ2n) is 5.31. The van der Waals surface area contributed by atoms with Crippen molar-refractivity contribution in [1.29, 1.82) is 0 Å². The minimum Gasteiger partial charge on any atom is -0.378 e. The normalized spacial score (nSPS) is 12.3.